The Kier molecular flexibility index (Phi) is 4.67. The number of halogens is 3. The van der Waals surface area contributed by atoms with Gasteiger partial charge in [-0.05, 0) is 59.3 Å². The van der Waals surface area contributed by atoms with E-state index in [1.165, 1.54) is 6.07 Å². The van der Waals surface area contributed by atoms with Gasteiger partial charge in [-0.2, -0.15) is 5.10 Å². The van der Waals surface area contributed by atoms with Gasteiger partial charge < -0.3 is 0 Å². The molecular formula is C21H13BrClFN6. The third kappa shape index (κ3) is 2.95. The molecule has 0 saturated heterocycles. The molecule has 0 N–H and O–H groups in total. The Labute approximate surface area is 184 Å². The van der Waals surface area contributed by atoms with Crippen molar-refractivity contribution >= 4 is 33.2 Å². The van der Waals surface area contributed by atoms with Crippen LogP contribution in [0.5, 0.6) is 0 Å². The Morgan fingerprint density at radius 1 is 1.03 bits per heavy atom. The molecule has 9 heteroatoms. The summed E-state index contributed by atoms with van der Waals surface area (Å²) in [6, 6.07) is 13.4. The van der Waals surface area contributed by atoms with Gasteiger partial charge >= 0.3 is 0 Å². The molecule has 0 spiro atoms. The van der Waals surface area contributed by atoms with Crippen molar-refractivity contribution in [1.29, 1.82) is 0 Å². The molecule has 0 radical (unpaired) electrons. The molecular weight excluding hydrogens is 471 g/mol. The third-order valence-corrected chi connectivity index (χ3v) is 6.15. The molecule has 5 rings (SSSR count). The van der Waals surface area contributed by atoms with Gasteiger partial charge in [0.15, 0.2) is 11.6 Å². The van der Waals surface area contributed by atoms with E-state index >= 15 is 0 Å². The van der Waals surface area contributed by atoms with Gasteiger partial charge in [-0.1, -0.05) is 23.7 Å². The van der Waals surface area contributed by atoms with Gasteiger partial charge in [-0.3, -0.25) is 9.56 Å². The van der Waals surface area contributed by atoms with E-state index in [1.807, 2.05) is 23.6 Å². The van der Waals surface area contributed by atoms with Gasteiger partial charge in [0.1, 0.15) is 17.6 Å². The molecule has 0 fully saturated rings. The SMILES string of the molecule is C[C@@H]1N=C(c2ccccc2F)c2c(ccc(Br)c2Cl)-n2c(-c3cccnn3)nnc21. The summed E-state index contributed by atoms with van der Waals surface area (Å²) in [5.74, 6) is 0.730. The van der Waals surface area contributed by atoms with Crippen LogP contribution in [0.3, 0.4) is 0 Å². The molecule has 4 aromatic rings. The molecule has 1 aliphatic heterocycles. The second-order valence-corrected chi connectivity index (χ2v) is 7.95. The standard InChI is InChI=1S/C21H13BrClFN6/c1-11-20-28-29-21(15-7-4-10-25-27-15)30(20)16-9-8-13(22)18(23)17(16)19(26-11)12-5-2-3-6-14(12)24/h2-11H,1H3/t11-/m0/s1. The average molecular weight is 484 g/mol. The Morgan fingerprint density at radius 3 is 2.63 bits per heavy atom. The highest BCUT2D eigenvalue weighted by molar-refractivity contribution is 9.10. The van der Waals surface area contributed by atoms with Gasteiger partial charge in [-0.15, -0.1) is 15.3 Å². The number of hydrogen-bond donors (Lipinski definition) is 0. The number of hydrogen-bond acceptors (Lipinski definition) is 5. The first-order valence-corrected chi connectivity index (χ1v) is 10.3. The van der Waals surface area contributed by atoms with E-state index in [9.17, 15) is 4.39 Å². The monoisotopic (exact) mass is 482 g/mol. The highest BCUT2D eigenvalue weighted by atomic mass is 79.9. The average Bonchev–Trinajstić information content (AvgIpc) is 3.16. The summed E-state index contributed by atoms with van der Waals surface area (Å²) in [5.41, 5.74) is 2.66. The van der Waals surface area contributed by atoms with Crippen molar-refractivity contribution in [3.8, 4) is 17.2 Å². The number of nitrogens with zero attached hydrogens (tertiary/aromatic N) is 6. The van der Waals surface area contributed by atoms with Crippen molar-refractivity contribution in [2.75, 3.05) is 0 Å². The number of benzene rings is 2. The number of aliphatic imine (C=N–C) groups is 1. The van der Waals surface area contributed by atoms with Gasteiger partial charge in [-0.25, -0.2) is 4.39 Å². The third-order valence-electron chi connectivity index (χ3n) is 4.87. The van der Waals surface area contributed by atoms with Crippen LogP contribution in [0.1, 0.15) is 29.9 Å². The van der Waals surface area contributed by atoms with Crippen molar-refractivity contribution in [3.05, 3.63) is 87.0 Å². The maximum Gasteiger partial charge on any atom is 0.189 e. The Hall–Kier alpha value is -2.97. The minimum atomic E-state index is -0.403. The normalized spacial score (nSPS) is 15.2. The summed E-state index contributed by atoms with van der Waals surface area (Å²) >= 11 is 10.2. The van der Waals surface area contributed by atoms with Crippen LogP contribution < -0.4 is 0 Å². The minimum absolute atomic E-state index is 0.366. The first-order valence-electron chi connectivity index (χ1n) is 9.11. The van der Waals surface area contributed by atoms with Crippen LogP contribution in [-0.2, 0) is 0 Å². The molecule has 3 heterocycles. The van der Waals surface area contributed by atoms with E-state index in [2.05, 4.69) is 36.3 Å². The van der Waals surface area contributed by atoms with Gasteiger partial charge in [0.05, 0.1) is 16.4 Å². The topological polar surface area (TPSA) is 68.8 Å². The predicted octanol–water partition coefficient (Wildman–Crippen LogP) is 5.19. The molecule has 1 aliphatic rings. The Morgan fingerprint density at radius 2 is 1.87 bits per heavy atom. The molecule has 30 heavy (non-hydrogen) atoms. The van der Waals surface area contributed by atoms with Crippen LogP contribution in [0.4, 0.5) is 4.39 Å². The van der Waals surface area contributed by atoms with E-state index in [4.69, 9.17) is 16.6 Å². The largest absolute Gasteiger partial charge is 0.275 e. The summed E-state index contributed by atoms with van der Waals surface area (Å²) in [4.78, 5) is 4.81. The zero-order valence-corrected chi connectivity index (χ0v) is 17.9. The maximum atomic E-state index is 14.8. The van der Waals surface area contributed by atoms with E-state index in [0.29, 0.717) is 49.4 Å². The fourth-order valence-electron chi connectivity index (χ4n) is 3.52. The number of fused-ring (bicyclic) bond motifs is 3. The quantitative estimate of drug-likeness (QED) is 0.393. The van der Waals surface area contributed by atoms with Gasteiger partial charge in [0, 0.05) is 21.8 Å². The number of aromatic nitrogens is 5. The molecule has 2 aromatic carbocycles. The van der Waals surface area contributed by atoms with Crippen LogP contribution in [0, 0.1) is 5.82 Å². The first-order chi connectivity index (χ1) is 14.6. The minimum Gasteiger partial charge on any atom is -0.275 e. The second-order valence-electron chi connectivity index (χ2n) is 6.72. The molecule has 0 bridgehead atoms. The lowest BCUT2D eigenvalue weighted by Gasteiger charge is -2.16. The Bertz CT molecular complexity index is 1300. The van der Waals surface area contributed by atoms with Crippen molar-refractivity contribution in [2.24, 2.45) is 4.99 Å². The summed E-state index contributed by atoms with van der Waals surface area (Å²) < 4.78 is 17.3. The molecule has 0 amide bonds. The molecule has 0 saturated carbocycles. The molecule has 2 aromatic heterocycles. The van der Waals surface area contributed by atoms with Gasteiger partial charge in [0.2, 0.25) is 0 Å². The molecule has 6 nitrogen and oxygen atoms in total. The van der Waals surface area contributed by atoms with Crippen molar-refractivity contribution in [2.45, 2.75) is 13.0 Å². The lowest BCUT2D eigenvalue weighted by atomic mass is 9.99. The van der Waals surface area contributed by atoms with Crippen molar-refractivity contribution in [1.82, 2.24) is 25.0 Å². The second kappa shape index (κ2) is 7.37. The predicted molar refractivity (Wildman–Crippen MR) is 116 cm³/mol. The summed E-state index contributed by atoms with van der Waals surface area (Å²) in [5, 5.41) is 17.3. The highest BCUT2D eigenvalue weighted by Gasteiger charge is 2.30. The molecule has 0 unspecified atom stereocenters. The lowest BCUT2D eigenvalue weighted by Crippen LogP contribution is -2.11. The van der Waals surface area contributed by atoms with E-state index in [-0.39, 0.29) is 5.82 Å². The van der Waals surface area contributed by atoms with Crippen molar-refractivity contribution < 1.29 is 4.39 Å². The zero-order chi connectivity index (χ0) is 20.8. The first kappa shape index (κ1) is 19.0. The molecule has 148 valence electrons. The fraction of sp³-hybridized carbons (Fsp3) is 0.0952. The fourth-order valence-corrected chi connectivity index (χ4v) is 4.10. The summed E-state index contributed by atoms with van der Waals surface area (Å²) in [6.45, 7) is 1.89. The maximum absolute atomic E-state index is 14.8. The van der Waals surface area contributed by atoms with E-state index in [1.54, 1.807) is 36.5 Å². The Balaban J connectivity index is 1.86. The van der Waals surface area contributed by atoms with Crippen molar-refractivity contribution in [3.63, 3.8) is 0 Å². The summed E-state index contributed by atoms with van der Waals surface area (Å²) in [6.07, 6.45) is 1.59. The lowest BCUT2D eigenvalue weighted by molar-refractivity contribution is 0.625. The van der Waals surface area contributed by atoms with Crippen LogP contribution in [-0.4, -0.2) is 30.7 Å². The smallest absolute Gasteiger partial charge is 0.189 e. The van der Waals surface area contributed by atoms with Crippen LogP contribution in [0.15, 0.2) is 64.2 Å². The van der Waals surface area contributed by atoms with Crippen LogP contribution in [0.2, 0.25) is 5.02 Å². The number of rotatable bonds is 2. The van der Waals surface area contributed by atoms with Gasteiger partial charge in [0.25, 0.3) is 0 Å². The van der Waals surface area contributed by atoms with Crippen LogP contribution in [0.25, 0.3) is 17.2 Å². The van der Waals surface area contributed by atoms with E-state index in [0.717, 1.165) is 0 Å². The van der Waals surface area contributed by atoms with Crippen LogP contribution >= 0.6 is 27.5 Å². The molecule has 1 atom stereocenters. The highest BCUT2D eigenvalue weighted by Crippen LogP contribution is 2.39. The van der Waals surface area contributed by atoms with E-state index < -0.39 is 6.04 Å². The summed E-state index contributed by atoms with van der Waals surface area (Å²) in [7, 11) is 0. The molecule has 0 aliphatic carbocycles. The zero-order valence-electron chi connectivity index (χ0n) is 15.6.